The molecule has 0 aliphatic carbocycles. The SMILES string of the molecule is CN(Cc1cccc(F)c1)C(=O)NCc1cccc(C(F)(F)F)c1. The molecule has 1 N–H and O–H groups in total. The minimum absolute atomic E-state index is 0.0315. The zero-order valence-corrected chi connectivity index (χ0v) is 12.9. The lowest BCUT2D eigenvalue weighted by Gasteiger charge is -2.18. The summed E-state index contributed by atoms with van der Waals surface area (Å²) >= 11 is 0. The minimum atomic E-state index is -4.42. The molecule has 128 valence electrons. The van der Waals surface area contributed by atoms with Crippen LogP contribution in [0.15, 0.2) is 48.5 Å². The summed E-state index contributed by atoms with van der Waals surface area (Å²) in [5.74, 6) is -0.398. The summed E-state index contributed by atoms with van der Waals surface area (Å²) in [6.07, 6.45) is -4.42. The molecule has 0 unspecified atom stereocenters. The number of carbonyl (C=O) groups is 1. The Bertz CT molecular complexity index is 716. The minimum Gasteiger partial charge on any atom is -0.334 e. The van der Waals surface area contributed by atoms with Crippen LogP contribution in [-0.2, 0) is 19.3 Å². The molecule has 0 radical (unpaired) electrons. The van der Waals surface area contributed by atoms with Gasteiger partial charge in [-0.25, -0.2) is 9.18 Å². The number of urea groups is 1. The van der Waals surface area contributed by atoms with E-state index in [1.54, 1.807) is 12.1 Å². The van der Waals surface area contributed by atoms with E-state index >= 15 is 0 Å². The number of nitrogens with one attached hydrogen (secondary N) is 1. The number of rotatable bonds is 4. The predicted octanol–water partition coefficient (Wildman–Crippen LogP) is 4.19. The molecule has 0 saturated heterocycles. The average Bonchev–Trinajstić information content (AvgIpc) is 2.52. The zero-order chi connectivity index (χ0) is 17.7. The molecule has 2 aromatic carbocycles. The second kappa shape index (κ2) is 7.33. The molecular formula is C17H16F4N2O. The van der Waals surface area contributed by atoms with Crippen molar-refractivity contribution in [2.24, 2.45) is 0 Å². The van der Waals surface area contributed by atoms with Crippen LogP contribution >= 0.6 is 0 Å². The van der Waals surface area contributed by atoms with E-state index in [1.165, 1.54) is 36.2 Å². The topological polar surface area (TPSA) is 32.3 Å². The first-order valence-electron chi connectivity index (χ1n) is 7.15. The first-order chi connectivity index (χ1) is 11.3. The van der Waals surface area contributed by atoms with Crippen molar-refractivity contribution in [2.45, 2.75) is 19.3 Å². The molecule has 2 amide bonds. The molecule has 0 bridgehead atoms. The number of carbonyl (C=O) groups excluding carboxylic acids is 1. The summed E-state index contributed by atoms with van der Waals surface area (Å²) in [5.41, 5.74) is 0.200. The fourth-order valence-electron chi connectivity index (χ4n) is 2.15. The van der Waals surface area contributed by atoms with Crippen LogP contribution in [0.3, 0.4) is 0 Å². The largest absolute Gasteiger partial charge is 0.416 e. The van der Waals surface area contributed by atoms with Crippen molar-refractivity contribution >= 4 is 6.03 Å². The van der Waals surface area contributed by atoms with Crippen molar-refractivity contribution < 1.29 is 22.4 Å². The van der Waals surface area contributed by atoms with Crippen molar-refractivity contribution in [3.63, 3.8) is 0 Å². The molecule has 0 heterocycles. The van der Waals surface area contributed by atoms with E-state index in [4.69, 9.17) is 0 Å². The molecule has 3 nitrogen and oxygen atoms in total. The van der Waals surface area contributed by atoms with Gasteiger partial charge in [-0.05, 0) is 35.4 Å². The third-order valence-corrected chi connectivity index (χ3v) is 3.35. The van der Waals surface area contributed by atoms with Crippen LogP contribution in [0.4, 0.5) is 22.4 Å². The van der Waals surface area contributed by atoms with E-state index in [1.807, 2.05) is 0 Å². The van der Waals surface area contributed by atoms with Gasteiger partial charge < -0.3 is 10.2 Å². The third kappa shape index (κ3) is 4.97. The summed E-state index contributed by atoms with van der Waals surface area (Å²) in [4.78, 5) is 13.3. The maximum Gasteiger partial charge on any atom is 0.416 e. The molecule has 2 rings (SSSR count). The number of alkyl halides is 3. The molecule has 2 aromatic rings. The van der Waals surface area contributed by atoms with Crippen LogP contribution in [-0.4, -0.2) is 18.0 Å². The number of benzene rings is 2. The highest BCUT2D eigenvalue weighted by atomic mass is 19.4. The second-order valence-electron chi connectivity index (χ2n) is 5.34. The van der Waals surface area contributed by atoms with Crippen LogP contribution in [0.5, 0.6) is 0 Å². The standard InChI is InChI=1S/C17H16F4N2O/c1-23(11-13-5-3-7-15(18)9-13)16(24)22-10-12-4-2-6-14(8-12)17(19,20)21/h2-9H,10-11H2,1H3,(H,22,24). The summed E-state index contributed by atoms with van der Waals surface area (Å²) in [5, 5.41) is 2.54. The van der Waals surface area contributed by atoms with Crippen LogP contribution < -0.4 is 5.32 Å². The zero-order valence-electron chi connectivity index (χ0n) is 12.9. The molecule has 0 aliphatic rings. The fourth-order valence-corrected chi connectivity index (χ4v) is 2.15. The molecular weight excluding hydrogens is 324 g/mol. The fraction of sp³-hybridized carbons (Fsp3) is 0.235. The lowest BCUT2D eigenvalue weighted by Crippen LogP contribution is -2.36. The normalized spacial score (nSPS) is 11.2. The molecule has 7 heteroatoms. The first-order valence-corrected chi connectivity index (χ1v) is 7.15. The molecule has 0 atom stereocenters. The van der Waals surface area contributed by atoms with Gasteiger partial charge in [-0.15, -0.1) is 0 Å². The van der Waals surface area contributed by atoms with Gasteiger partial charge >= 0.3 is 12.2 Å². The van der Waals surface area contributed by atoms with E-state index < -0.39 is 23.6 Å². The predicted molar refractivity (Wildman–Crippen MR) is 81.5 cm³/mol. The van der Waals surface area contributed by atoms with Gasteiger partial charge in [0.25, 0.3) is 0 Å². The number of nitrogens with zero attached hydrogens (tertiary/aromatic N) is 1. The van der Waals surface area contributed by atoms with Gasteiger partial charge in [0.15, 0.2) is 0 Å². The maximum atomic E-state index is 13.1. The first kappa shape index (κ1) is 17.8. The Morgan fingerprint density at radius 1 is 1.08 bits per heavy atom. The Morgan fingerprint density at radius 3 is 2.42 bits per heavy atom. The van der Waals surface area contributed by atoms with E-state index in [2.05, 4.69) is 5.32 Å². The Kier molecular flexibility index (Phi) is 5.43. The molecule has 0 spiro atoms. The molecule has 0 fully saturated rings. The monoisotopic (exact) mass is 340 g/mol. The smallest absolute Gasteiger partial charge is 0.334 e. The lowest BCUT2D eigenvalue weighted by atomic mass is 10.1. The Morgan fingerprint density at radius 2 is 1.75 bits per heavy atom. The van der Waals surface area contributed by atoms with Crippen molar-refractivity contribution in [2.75, 3.05) is 7.05 Å². The number of hydrogen-bond acceptors (Lipinski definition) is 1. The number of amides is 2. The molecule has 0 aliphatic heterocycles. The summed E-state index contributed by atoms with van der Waals surface area (Å²) in [7, 11) is 1.52. The van der Waals surface area contributed by atoms with Crippen LogP contribution in [0.25, 0.3) is 0 Å². The summed E-state index contributed by atoms with van der Waals surface area (Å²) in [6, 6.07) is 10.1. The molecule has 24 heavy (non-hydrogen) atoms. The molecule has 0 saturated carbocycles. The number of halogens is 4. The Labute approximate surface area is 136 Å². The Hall–Kier alpha value is -2.57. The van der Waals surface area contributed by atoms with Gasteiger partial charge in [0.1, 0.15) is 5.82 Å². The van der Waals surface area contributed by atoms with Gasteiger partial charge in [-0.2, -0.15) is 13.2 Å². The highest BCUT2D eigenvalue weighted by molar-refractivity contribution is 5.73. The lowest BCUT2D eigenvalue weighted by molar-refractivity contribution is -0.137. The van der Waals surface area contributed by atoms with Crippen molar-refractivity contribution in [1.82, 2.24) is 10.2 Å². The van der Waals surface area contributed by atoms with Crippen molar-refractivity contribution in [3.05, 3.63) is 71.0 Å². The van der Waals surface area contributed by atoms with Gasteiger partial charge in [0.2, 0.25) is 0 Å². The van der Waals surface area contributed by atoms with Crippen molar-refractivity contribution in [1.29, 1.82) is 0 Å². The van der Waals surface area contributed by atoms with Crippen LogP contribution in [0.1, 0.15) is 16.7 Å². The van der Waals surface area contributed by atoms with E-state index in [0.717, 1.165) is 12.1 Å². The third-order valence-electron chi connectivity index (χ3n) is 3.35. The van der Waals surface area contributed by atoms with Crippen LogP contribution in [0.2, 0.25) is 0 Å². The summed E-state index contributed by atoms with van der Waals surface area (Å²) < 4.78 is 51.0. The Balaban J connectivity index is 1.93. The van der Waals surface area contributed by atoms with Gasteiger partial charge in [-0.3, -0.25) is 0 Å². The molecule has 0 aromatic heterocycles. The number of hydrogen-bond donors (Lipinski definition) is 1. The van der Waals surface area contributed by atoms with Crippen LogP contribution in [0, 0.1) is 5.82 Å². The van der Waals surface area contributed by atoms with Gasteiger partial charge in [-0.1, -0.05) is 24.3 Å². The van der Waals surface area contributed by atoms with E-state index in [0.29, 0.717) is 11.1 Å². The second-order valence-corrected chi connectivity index (χ2v) is 5.34. The van der Waals surface area contributed by atoms with E-state index in [-0.39, 0.29) is 13.1 Å². The van der Waals surface area contributed by atoms with E-state index in [9.17, 15) is 22.4 Å². The van der Waals surface area contributed by atoms with Gasteiger partial charge in [0.05, 0.1) is 5.56 Å². The maximum absolute atomic E-state index is 13.1. The quantitative estimate of drug-likeness (QED) is 0.832. The summed E-state index contributed by atoms with van der Waals surface area (Å²) in [6.45, 7) is 0.155. The van der Waals surface area contributed by atoms with Crippen molar-refractivity contribution in [3.8, 4) is 0 Å². The highest BCUT2D eigenvalue weighted by Crippen LogP contribution is 2.29. The highest BCUT2D eigenvalue weighted by Gasteiger charge is 2.30. The average molecular weight is 340 g/mol. The van der Waals surface area contributed by atoms with Gasteiger partial charge in [0, 0.05) is 20.1 Å².